The van der Waals surface area contributed by atoms with Crippen LogP contribution in [0.25, 0.3) is 11.0 Å². The van der Waals surface area contributed by atoms with Gasteiger partial charge in [0, 0.05) is 5.38 Å². The highest BCUT2D eigenvalue weighted by molar-refractivity contribution is 7.09. The maximum Gasteiger partial charge on any atom is 0.344 e. The topological polar surface area (TPSA) is 92.9 Å². The van der Waals surface area contributed by atoms with E-state index in [1.54, 1.807) is 17.5 Å². The smallest absolute Gasteiger partial charge is 0.344 e. The molecule has 1 amide bonds. The Morgan fingerprint density at radius 1 is 1.40 bits per heavy atom. The second-order valence-corrected chi connectivity index (χ2v) is 4.98. The number of thiazole rings is 1. The van der Waals surface area contributed by atoms with Crippen molar-refractivity contribution in [1.29, 1.82) is 0 Å². The van der Waals surface area contributed by atoms with Crippen molar-refractivity contribution in [3.8, 4) is 0 Å². The predicted octanol–water partition coefficient (Wildman–Crippen LogP) is 1.14. The molecular weight excluding hydrogens is 278 g/mol. The van der Waals surface area contributed by atoms with E-state index < -0.39 is 0 Å². The number of nitrogens with one attached hydrogen (secondary N) is 1. The summed E-state index contributed by atoms with van der Waals surface area (Å²) in [7, 11) is 0. The minimum Gasteiger partial charge on any atom is -0.390 e. The molecule has 0 spiro atoms. The van der Waals surface area contributed by atoms with Crippen LogP contribution in [0.4, 0.5) is 4.79 Å². The molecule has 0 atom stereocenters. The Morgan fingerprint density at radius 3 is 3.05 bits per heavy atom. The molecule has 0 saturated carbocycles. The zero-order valence-corrected chi connectivity index (χ0v) is 11.2. The van der Waals surface area contributed by atoms with Gasteiger partial charge in [0.15, 0.2) is 0 Å². The van der Waals surface area contributed by atoms with Crippen LogP contribution < -0.4 is 5.32 Å². The van der Waals surface area contributed by atoms with Crippen molar-refractivity contribution in [2.45, 2.75) is 13.2 Å². The maximum atomic E-state index is 12.0. The van der Waals surface area contributed by atoms with Crippen molar-refractivity contribution in [1.82, 2.24) is 25.3 Å². The lowest BCUT2D eigenvalue weighted by atomic mass is 10.3. The molecule has 2 N–H and O–H groups in total. The molecule has 0 radical (unpaired) electrons. The van der Waals surface area contributed by atoms with Crippen LogP contribution >= 0.6 is 11.3 Å². The van der Waals surface area contributed by atoms with Gasteiger partial charge in [-0.2, -0.15) is 4.68 Å². The summed E-state index contributed by atoms with van der Waals surface area (Å²) in [6.45, 7) is 0.190. The van der Waals surface area contributed by atoms with Crippen LogP contribution in [0.5, 0.6) is 0 Å². The number of hydrogen-bond acceptors (Lipinski definition) is 6. The second-order valence-electron chi connectivity index (χ2n) is 4.04. The summed E-state index contributed by atoms with van der Waals surface area (Å²) in [4.78, 5) is 16.2. The Morgan fingerprint density at radius 2 is 2.25 bits per heavy atom. The molecule has 3 rings (SSSR count). The number of aliphatic hydroxyl groups is 1. The third-order valence-corrected chi connectivity index (χ3v) is 3.59. The largest absolute Gasteiger partial charge is 0.390 e. The van der Waals surface area contributed by atoms with Gasteiger partial charge >= 0.3 is 6.03 Å². The fourth-order valence-corrected chi connectivity index (χ4v) is 2.47. The minimum atomic E-state index is -0.362. The van der Waals surface area contributed by atoms with E-state index in [9.17, 15) is 4.79 Å². The first-order valence-electron chi connectivity index (χ1n) is 5.90. The predicted molar refractivity (Wildman–Crippen MR) is 73.2 cm³/mol. The number of carbonyl (C=O) groups is 1. The molecule has 0 fully saturated rings. The van der Waals surface area contributed by atoms with E-state index in [1.165, 1.54) is 16.0 Å². The molecule has 2 heterocycles. The first kappa shape index (κ1) is 12.7. The highest BCUT2D eigenvalue weighted by Gasteiger charge is 2.11. The van der Waals surface area contributed by atoms with Gasteiger partial charge in [-0.05, 0) is 12.1 Å². The van der Waals surface area contributed by atoms with E-state index in [4.69, 9.17) is 5.11 Å². The maximum absolute atomic E-state index is 12.0. The average Bonchev–Trinajstić information content (AvgIpc) is 3.11. The van der Waals surface area contributed by atoms with Crippen LogP contribution in [-0.2, 0) is 13.2 Å². The lowest BCUT2D eigenvalue weighted by Crippen LogP contribution is -2.28. The molecule has 0 unspecified atom stereocenters. The zero-order valence-electron chi connectivity index (χ0n) is 10.4. The van der Waals surface area contributed by atoms with E-state index in [0.717, 1.165) is 5.01 Å². The molecule has 1 aromatic carbocycles. The summed E-state index contributed by atoms with van der Waals surface area (Å²) < 4.78 is 1.22. The molecule has 102 valence electrons. The number of aliphatic hydroxyl groups excluding tert-OH is 1. The van der Waals surface area contributed by atoms with Gasteiger partial charge in [-0.15, -0.1) is 16.4 Å². The summed E-state index contributed by atoms with van der Waals surface area (Å²) in [5.74, 6) is 0. The molecular formula is C12H11N5O2S. The average molecular weight is 289 g/mol. The second kappa shape index (κ2) is 5.35. The lowest BCUT2D eigenvalue weighted by molar-refractivity contribution is 0.239. The lowest BCUT2D eigenvalue weighted by Gasteiger charge is -2.02. The van der Waals surface area contributed by atoms with Crippen molar-refractivity contribution >= 4 is 28.4 Å². The van der Waals surface area contributed by atoms with Gasteiger partial charge < -0.3 is 10.4 Å². The molecule has 20 heavy (non-hydrogen) atoms. The van der Waals surface area contributed by atoms with Crippen molar-refractivity contribution in [3.05, 3.63) is 40.3 Å². The number of amides is 1. The van der Waals surface area contributed by atoms with Gasteiger partial charge in [0.25, 0.3) is 0 Å². The summed E-state index contributed by atoms with van der Waals surface area (Å²) in [6, 6.07) is 6.87. The Bertz CT molecular complexity index is 751. The van der Waals surface area contributed by atoms with Crippen LogP contribution in [-0.4, -0.2) is 31.1 Å². The van der Waals surface area contributed by atoms with Gasteiger partial charge in [0.05, 0.1) is 24.4 Å². The Labute approximate surface area is 117 Å². The minimum absolute atomic E-state index is 0.0990. The van der Waals surface area contributed by atoms with Gasteiger partial charge in [0.2, 0.25) is 0 Å². The summed E-state index contributed by atoms with van der Waals surface area (Å²) in [5, 5.41) is 21.9. The van der Waals surface area contributed by atoms with Crippen LogP contribution in [0.1, 0.15) is 10.7 Å². The highest BCUT2D eigenvalue weighted by atomic mass is 32.1. The normalized spacial score (nSPS) is 10.8. The van der Waals surface area contributed by atoms with E-state index in [2.05, 4.69) is 20.6 Å². The van der Waals surface area contributed by atoms with Crippen LogP contribution in [0.15, 0.2) is 29.6 Å². The standard InChI is InChI=1S/C12H11N5O2S/c18-6-8-7-20-11(14-8)5-13-12(19)17-10-4-2-1-3-9(10)15-16-17/h1-4,7,18H,5-6H2,(H,13,19). The van der Waals surface area contributed by atoms with Gasteiger partial charge in [-0.25, -0.2) is 9.78 Å². The number of carbonyl (C=O) groups excluding carboxylic acids is 1. The van der Waals surface area contributed by atoms with Gasteiger partial charge in [-0.3, -0.25) is 0 Å². The SMILES string of the molecule is O=C(NCc1nc(CO)cs1)n1nnc2ccccc21. The summed E-state index contributed by atoms with van der Waals surface area (Å²) >= 11 is 1.39. The molecule has 0 aliphatic carbocycles. The number of rotatable bonds is 3. The van der Waals surface area contributed by atoms with Crippen molar-refractivity contribution in [2.24, 2.45) is 0 Å². The summed E-state index contributed by atoms with van der Waals surface area (Å²) in [6.07, 6.45) is 0. The van der Waals surface area contributed by atoms with Crippen LogP contribution in [0, 0.1) is 0 Å². The Balaban J connectivity index is 1.73. The number of fused-ring (bicyclic) bond motifs is 1. The van der Waals surface area contributed by atoms with Gasteiger partial charge in [-0.1, -0.05) is 17.3 Å². The van der Waals surface area contributed by atoms with Crippen molar-refractivity contribution in [3.63, 3.8) is 0 Å². The molecule has 2 aromatic heterocycles. The van der Waals surface area contributed by atoms with Crippen molar-refractivity contribution in [2.75, 3.05) is 0 Å². The molecule has 0 aliphatic heterocycles. The highest BCUT2D eigenvalue weighted by Crippen LogP contribution is 2.11. The molecule has 3 aromatic rings. The van der Waals surface area contributed by atoms with E-state index in [0.29, 0.717) is 16.7 Å². The third kappa shape index (κ3) is 2.38. The van der Waals surface area contributed by atoms with E-state index in [1.807, 2.05) is 12.1 Å². The number of hydrogen-bond donors (Lipinski definition) is 2. The third-order valence-electron chi connectivity index (χ3n) is 2.70. The van der Waals surface area contributed by atoms with E-state index >= 15 is 0 Å². The number of nitrogens with zero attached hydrogens (tertiary/aromatic N) is 4. The molecule has 0 saturated heterocycles. The van der Waals surface area contributed by atoms with Gasteiger partial charge in [0.1, 0.15) is 10.5 Å². The molecule has 8 heteroatoms. The molecule has 0 aliphatic rings. The monoisotopic (exact) mass is 289 g/mol. The van der Waals surface area contributed by atoms with Crippen LogP contribution in [0.3, 0.4) is 0 Å². The molecule has 7 nitrogen and oxygen atoms in total. The molecule has 0 bridgehead atoms. The number of para-hydroxylation sites is 1. The number of aromatic nitrogens is 4. The Hall–Kier alpha value is -2.32. The summed E-state index contributed by atoms with van der Waals surface area (Å²) in [5.41, 5.74) is 1.92. The first-order valence-corrected chi connectivity index (χ1v) is 6.78. The number of benzene rings is 1. The first-order chi connectivity index (χ1) is 9.78. The van der Waals surface area contributed by atoms with E-state index in [-0.39, 0.29) is 19.2 Å². The quantitative estimate of drug-likeness (QED) is 0.754. The van der Waals surface area contributed by atoms with Crippen LogP contribution in [0.2, 0.25) is 0 Å². The zero-order chi connectivity index (χ0) is 13.9. The fourth-order valence-electron chi connectivity index (χ4n) is 1.75. The fraction of sp³-hybridized carbons (Fsp3) is 0.167. The van der Waals surface area contributed by atoms with Crippen molar-refractivity contribution < 1.29 is 9.90 Å². The Kier molecular flexibility index (Phi) is 3.40.